The summed E-state index contributed by atoms with van der Waals surface area (Å²) in [5.74, 6) is -0.683. The molecule has 0 aromatic heterocycles. The third kappa shape index (κ3) is 2.72. The molecule has 1 aliphatic rings. The molecule has 6 nitrogen and oxygen atoms in total. The Hall–Kier alpha value is -1.66. The zero-order chi connectivity index (χ0) is 12.9. The highest BCUT2D eigenvalue weighted by Crippen LogP contribution is 2.27. The lowest BCUT2D eigenvalue weighted by Crippen LogP contribution is -2.37. The van der Waals surface area contributed by atoms with Crippen LogP contribution < -0.4 is 0 Å². The summed E-state index contributed by atoms with van der Waals surface area (Å²) in [6.45, 7) is 0. The molecule has 0 saturated heterocycles. The van der Waals surface area contributed by atoms with E-state index >= 15 is 0 Å². The monoisotopic (exact) mass is 241 g/mol. The van der Waals surface area contributed by atoms with E-state index in [9.17, 15) is 4.79 Å². The third-order valence-electron chi connectivity index (χ3n) is 2.32. The Bertz CT molecular complexity index is 379. The molecule has 0 aromatic carbocycles. The Morgan fingerprint density at radius 3 is 2.35 bits per heavy atom. The summed E-state index contributed by atoms with van der Waals surface area (Å²) in [5.41, 5.74) is 0.401. The molecule has 0 aromatic rings. The van der Waals surface area contributed by atoms with E-state index in [1.54, 1.807) is 18.2 Å². The molecule has 0 bridgehead atoms. The van der Waals surface area contributed by atoms with E-state index in [-0.39, 0.29) is 0 Å². The standard InChI is InChI=1S/C11H15NO5/c1-14-9-7-8(12-10(13)15-2)5-6-11(9,16-3)17-4/h5-7H,1-4H3/b12-8+. The van der Waals surface area contributed by atoms with E-state index in [0.717, 1.165) is 0 Å². The van der Waals surface area contributed by atoms with E-state index in [1.165, 1.54) is 28.4 Å². The predicted molar refractivity (Wildman–Crippen MR) is 60.8 cm³/mol. The van der Waals surface area contributed by atoms with Crippen molar-refractivity contribution in [3.05, 3.63) is 24.0 Å². The van der Waals surface area contributed by atoms with Gasteiger partial charge >= 0.3 is 6.09 Å². The summed E-state index contributed by atoms with van der Waals surface area (Å²) in [5, 5.41) is 0. The number of aliphatic imine (C=N–C) groups is 1. The molecule has 0 spiro atoms. The number of allylic oxidation sites excluding steroid dienone is 2. The molecule has 0 atom stereocenters. The minimum absolute atomic E-state index is 0.396. The number of rotatable bonds is 3. The molecule has 0 radical (unpaired) electrons. The topological polar surface area (TPSA) is 66.4 Å². The molecule has 94 valence electrons. The molecule has 0 aliphatic heterocycles. The number of hydrogen-bond acceptors (Lipinski definition) is 5. The van der Waals surface area contributed by atoms with Gasteiger partial charge in [0.25, 0.3) is 0 Å². The van der Waals surface area contributed by atoms with Gasteiger partial charge in [-0.15, -0.1) is 0 Å². The fraction of sp³-hybridized carbons (Fsp3) is 0.455. The van der Waals surface area contributed by atoms with Crippen molar-refractivity contribution in [2.75, 3.05) is 28.4 Å². The highest BCUT2D eigenvalue weighted by Gasteiger charge is 2.35. The molecule has 6 heteroatoms. The maximum absolute atomic E-state index is 11.0. The number of nitrogens with zero attached hydrogens (tertiary/aromatic N) is 1. The zero-order valence-corrected chi connectivity index (χ0v) is 10.2. The summed E-state index contributed by atoms with van der Waals surface area (Å²) >= 11 is 0. The van der Waals surface area contributed by atoms with Crippen molar-refractivity contribution in [2.24, 2.45) is 4.99 Å². The molecule has 1 amide bonds. The van der Waals surface area contributed by atoms with E-state index in [4.69, 9.17) is 14.2 Å². The van der Waals surface area contributed by atoms with E-state index in [2.05, 4.69) is 9.73 Å². The van der Waals surface area contributed by atoms with Gasteiger partial charge in [-0.3, -0.25) is 0 Å². The van der Waals surface area contributed by atoms with Crippen LogP contribution in [0.1, 0.15) is 0 Å². The fourth-order valence-electron chi connectivity index (χ4n) is 1.40. The van der Waals surface area contributed by atoms with Gasteiger partial charge in [0.05, 0.1) is 19.9 Å². The maximum atomic E-state index is 11.0. The average Bonchev–Trinajstić information content (AvgIpc) is 2.38. The summed E-state index contributed by atoms with van der Waals surface area (Å²) in [7, 11) is 5.72. The lowest BCUT2D eigenvalue weighted by Gasteiger charge is -2.30. The summed E-state index contributed by atoms with van der Waals surface area (Å²) in [4.78, 5) is 14.7. The first-order chi connectivity index (χ1) is 8.11. The number of carbonyl (C=O) groups is 1. The Morgan fingerprint density at radius 2 is 1.88 bits per heavy atom. The van der Waals surface area contributed by atoms with Crippen molar-refractivity contribution < 1.29 is 23.7 Å². The molecule has 0 saturated carbocycles. The first-order valence-electron chi connectivity index (χ1n) is 4.84. The number of hydrogen-bond donors (Lipinski definition) is 0. The number of methoxy groups -OCH3 is 4. The van der Waals surface area contributed by atoms with Crippen molar-refractivity contribution in [3.8, 4) is 0 Å². The van der Waals surface area contributed by atoms with Crippen molar-refractivity contribution in [1.82, 2.24) is 0 Å². The van der Waals surface area contributed by atoms with Gasteiger partial charge in [0, 0.05) is 20.3 Å². The number of carbonyl (C=O) groups excluding carboxylic acids is 1. The lowest BCUT2D eigenvalue weighted by molar-refractivity contribution is -0.165. The minimum Gasteiger partial charge on any atom is -0.495 e. The van der Waals surface area contributed by atoms with Gasteiger partial charge in [-0.2, -0.15) is 4.99 Å². The van der Waals surface area contributed by atoms with Crippen LogP contribution in [0.15, 0.2) is 29.0 Å². The highest BCUT2D eigenvalue weighted by atomic mass is 16.7. The van der Waals surface area contributed by atoms with Crippen LogP contribution >= 0.6 is 0 Å². The van der Waals surface area contributed by atoms with Crippen LogP contribution in [0.25, 0.3) is 0 Å². The van der Waals surface area contributed by atoms with Crippen molar-refractivity contribution in [3.63, 3.8) is 0 Å². The highest BCUT2D eigenvalue weighted by molar-refractivity contribution is 6.09. The van der Waals surface area contributed by atoms with Gasteiger partial charge in [0.15, 0.2) is 5.76 Å². The SMILES string of the molecule is COC(=O)/N=C1\C=CC(OC)(OC)C(OC)=C1. The maximum Gasteiger partial charge on any atom is 0.433 e. The van der Waals surface area contributed by atoms with E-state index < -0.39 is 11.9 Å². The van der Waals surface area contributed by atoms with Crippen LogP contribution in [-0.2, 0) is 18.9 Å². The Balaban J connectivity index is 3.05. The number of ether oxygens (including phenoxy) is 4. The van der Waals surface area contributed by atoms with Gasteiger partial charge in [0.1, 0.15) is 0 Å². The van der Waals surface area contributed by atoms with Crippen LogP contribution in [0.2, 0.25) is 0 Å². The molecule has 1 rings (SSSR count). The van der Waals surface area contributed by atoms with Crippen LogP contribution in [0.4, 0.5) is 4.79 Å². The molecule has 0 N–H and O–H groups in total. The Kier molecular flexibility index (Phi) is 4.42. The van der Waals surface area contributed by atoms with Gasteiger partial charge in [0.2, 0.25) is 5.79 Å². The van der Waals surface area contributed by atoms with Crippen molar-refractivity contribution in [2.45, 2.75) is 5.79 Å². The Morgan fingerprint density at radius 1 is 1.24 bits per heavy atom. The van der Waals surface area contributed by atoms with Gasteiger partial charge in [-0.1, -0.05) is 0 Å². The molecular weight excluding hydrogens is 226 g/mol. The Labute approximate surface area is 99.5 Å². The molecule has 1 aliphatic carbocycles. The molecular formula is C11H15NO5. The average molecular weight is 241 g/mol. The molecule has 17 heavy (non-hydrogen) atoms. The van der Waals surface area contributed by atoms with Crippen LogP contribution in [-0.4, -0.2) is 46.0 Å². The first-order valence-corrected chi connectivity index (χ1v) is 4.84. The molecule has 0 heterocycles. The number of amides is 1. The second-order valence-electron chi connectivity index (χ2n) is 3.13. The normalized spacial score (nSPS) is 20.0. The van der Waals surface area contributed by atoms with Crippen molar-refractivity contribution in [1.29, 1.82) is 0 Å². The molecule has 0 unspecified atom stereocenters. The van der Waals surface area contributed by atoms with Gasteiger partial charge < -0.3 is 18.9 Å². The minimum atomic E-state index is -1.08. The second kappa shape index (κ2) is 5.60. The van der Waals surface area contributed by atoms with E-state index in [1.807, 2.05) is 0 Å². The third-order valence-corrected chi connectivity index (χ3v) is 2.32. The first kappa shape index (κ1) is 13.4. The van der Waals surface area contributed by atoms with Crippen LogP contribution in [0.5, 0.6) is 0 Å². The smallest absolute Gasteiger partial charge is 0.433 e. The zero-order valence-electron chi connectivity index (χ0n) is 10.2. The predicted octanol–water partition coefficient (Wildman–Crippen LogP) is 1.28. The summed E-state index contributed by atoms with van der Waals surface area (Å²) in [6, 6.07) is 0. The fourth-order valence-corrected chi connectivity index (χ4v) is 1.40. The quantitative estimate of drug-likeness (QED) is 0.696. The van der Waals surface area contributed by atoms with Gasteiger partial charge in [-0.05, 0) is 12.2 Å². The largest absolute Gasteiger partial charge is 0.495 e. The van der Waals surface area contributed by atoms with Gasteiger partial charge in [-0.25, -0.2) is 4.79 Å². The summed E-state index contributed by atoms with van der Waals surface area (Å²) < 4.78 is 20.1. The lowest BCUT2D eigenvalue weighted by atomic mass is 10.1. The second-order valence-corrected chi connectivity index (χ2v) is 3.13. The van der Waals surface area contributed by atoms with Crippen molar-refractivity contribution >= 4 is 11.8 Å². The van der Waals surface area contributed by atoms with E-state index in [0.29, 0.717) is 11.5 Å². The molecule has 0 fully saturated rings. The van der Waals surface area contributed by atoms with Crippen LogP contribution in [0, 0.1) is 0 Å². The summed E-state index contributed by atoms with van der Waals surface area (Å²) in [6.07, 6.45) is 4.06. The van der Waals surface area contributed by atoms with Crippen LogP contribution in [0.3, 0.4) is 0 Å².